The van der Waals surface area contributed by atoms with Gasteiger partial charge in [-0.3, -0.25) is 4.90 Å². The molecule has 0 aromatic rings. The highest BCUT2D eigenvalue weighted by molar-refractivity contribution is 4.91. The molecule has 0 bridgehead atoms. The molecule has 2 aliphatic heterocycles. The minimum absolute atomic E-state index is 0.195. The molecule has 2 aliphatic rings. The summed E-state index contributed by atoms with van der Waals surface area (Å²) in [6.45, 7) is 13.0. The van der Waals surface area contributed by atoms with E-state index in [1.807, 2.05) is 13.8 Å². The lowest BCUT2D eigenvalue weighted by Crippen LogP contribution is -2.56. The summed E-state index contributed by atoms with van der Waals surface area (Å²) < 4.78 is 6.02. The number of likely N-dealkylation sites (N-methyl/N-ethyl adjacent to an activating group) is 1. The zero-order valence-corrected chi connectivity index (χ0v) is 11.5. The van der Waals surface area contributed by atoms with Gasteiger partial charge in [0.1, 0.15) is 0 Å². The van der Waals surface area contributed by atoms with Gasteiger partial charge in [0.2, 0.25) is 0 Å². The maximum Gasteiger partial charge on any atom is 0.0833 e. The van der Waals surface area contributed by atoms with E-state index in [-0.39, 0.29) is 5.60 Å². The van der Waals surface area contributed by atoms with Crippen molar-refractivity contribution in [2.45, 2.75) is 39.2 Å². The Labute approximate surface area is 101 Å². The standard InChI is InChI=1S/C11H22N2O.C2H6/c1-3-13-8-9-14-11(10-13)4-6-12(2)7-5-11;1-2/h3-10H2,1-2H3;1-2H3. The quantitative estimate of drug-likeness (QED) is 0.681. The Hall–Kier alpha value is -0.120. The first kappa shape index (κ1) is 13.9. The molecule has 3 heteroatoms. The van der Waals surface area contributed by atoms with Crippen molar-refractivity contribution in [1.29, 1.82) is 0 Å². The van der Waals surface area contributed by atoms with Crippen LogP contribution in [0.5, 0.6) is 0 Å². The third kappa shape index (κ3) is 3.44. The SMILES string of the molecule is CC.CCN1CCOC2(CCN(C)CC2)C1. The maximum absolute atomic E-state index is 6.02. The van der Waals surface area contributed by atoms with Crippen molar-refractivity contribution in [2.75, 3.05) is 46.4 Å². The average molecular weight is 228 g/mol. The Kier molecular flexibility index (Phi) is 5.73. The number of ether oxygens (including phenoxy) is 1. The number of rotatable bonds is 1. The van der Waals surface area contributed by atoms with Crippen LogP contribution in [0.3, 0.4) is 0 Å². The molecule has 1 spiro atoms. The van der Waals surface area contributed by atoms with E-state index < -0.39 is 0 Å². The molecular formula is C13H28N2O. The lowest BCUT2D eigenvalue weighted by atomic mass is 9.89. The third-order valence-electron chi connectivity index (χ3n) is 3.67. The van der Waals surface area contributed by atoms with E-state index in [4.69, 9.17) is 4.74 Å². The minimum Gasteiger partial charge on any atom is -0.372 e. The molecule has 2 fully saturated rings. The number of hydrogen-bond donors (Lipinski definition) is 0. The summed E-state index contributed by atoms with van der Waals surface area (Å²) in [5.41, 5.74) is 0.195. The van der Waals surface area contributed by atoms with E-state index in [9.17, 15) is 0 Å². The fourth-order valence-electron chi connectivity index (χ4n) is 2.52. The van der Waals surface area contributed by atoms with E-state index in [0.29, 0.717) is 0 Å². The molecule has 0 atom stereocenters. The largest absolute Gasteiger partial charge is 0.372 e. The number of piperidine rings is 1. The van der Waals surface area contributed by atoms with Gasteiger partial charge < -0.3 is 9.64 Å². The van der Waals surface area contributed by atoms with Crippen molar-refractivity contribution in [3.63, 3.8) is 0 Å². The van der Waals surface area contributed by atoms with Crippen molar-refractivity contribution < 1.29 is 4.74 Å². The van der Waals surface area contributed by atoms with Gasteiger partial charge >= 0.3 is 0 Å². The van der Waals surface area contributed by atoms with Gasteiger partial charge in [-0.2, -0.15) is 0 Å². The first-order valence-corrected chi connectivity index (χ1v) is 6.79. The Morgan fingerprint density at radius 2 is 1.75 bits per heavy atom. The lowest BCUT2D eigenvalue weighted by Gasteiger charge is -2.46. The molecule has 0 aromatic heterocycles. The van der Waals surface area contributed by atoms with Crippen molar-refractivity contribution >= 4 is 0 Å². The number of hydrogen-bond acceptors (Lipinski definition) is 3. The zero-order chi connectivity index (χ0) is 12.0. The molecule has 2 saturated heterocycles. The third-order valence-corrected chi connectivity index (χ3v) is 3.67. The Balaban J connectivity index is 0.000000606. The molecule has 16 heavy (non-hydrogen) atoms. The first-order chi connectivity index (χ1) is 7.74. The smallest absolute Gasteiger partial charge is 0.0833 e. The second kappa shape index (κ2) is 6.58. The second-order valence-electron chi connectivity index (χ2n) is 4.70. The molecule has 0 unspecified atom stereocenters. The molecule has 0 N–H and O–H groups in total. The highest BCUT2D eigenvalue weighted by atomic mass is 16.5. The highest BCUT2D eigenvalue weighted by Crippen LogP contribution is 2.29. The van der Waals surface area contributed by atoms with Gasteiger partial charge in [0.25, 0.3) is 0 Å². The average Bonchev–Trinajstić information content (AvgIpc) is 2.36. The molecule has 0 aromatic carbocycles. The highest BCUT2D eigenvalue weighted by Gasteiger charge is 2.38. The number of likely N-dealkylation sites (tertiary alicyclic amines) is 1. The van der Waals surface area contributed by atoms with Crippen LogP contribution in [-0.2, 0) is 4.74 Å². The van der Waals surface area contributed by atoms with Crippen LogP contribution < -0.4 is 0 Å². The van der Waals surface area contributed by atoms with Crippen LogP contribution in [0.4, 0.5) is 0 Å². The van der Waals surface area contributed by atoms with Gasteiger partial charge in [-0.15, -0.1) is 0 Å². The van der Waals surface area contributed by atoms with Crippen molar-refractivity contribution in [3.8, 4) is 0 Å². The molecular weight excluding hydrogens is 200 g/mol. The van der Waals surface area contributed by atoms with Crippen LogP contribution in [0, 0.1) is 0 Å². The molecule has 2 heterocycles. The monoisotopic (exact) mass is 228 g/mol. The van der Waals surface area contributed by atoms with Gasteiger partial charge in [-0.1, -0.05) is 20.8 Å². The molecule has 0 aliphatic carbocycles. The summed E-state index contributed by atoms with van der Waals surface area (Å²) in [4.78, 5) is 4.92. The molecule has 0 amide bonds. The fraction of sp³-hybridized carbons (Fsp3) is 1.00. The second-order valence-corrected chi connectivity index (χ2v) is 4.70. The fourth-order valence-corrected chi connectivity index (χ4v) is 2.52. The van der Waals surface area contributed by atoms with Gasteiger partial charge in [-0.25, -0.2) is 0 Å². The van der Waals surface area contributed by atoms with Crippen LogP contribution in [0.25, 0.3) is 0 Å². The Bertz CT molecular complexity index is 188. The Morgan fingerprint density at radius 1 is 1.12 bits per heavy atom. The number of morpholine rings is 1. The molecule has 0 saturated carbocycles. The van der Waals surface area contributed by atoms with Crippen molar-refractivity contribution in [3.05, 3.63) is 0 Å². The number of nitrogens with zero attached hydrogens (tertiary/aromatic N) is 2. The summed E-state index contributed by atoms with van der Waals surface area (Å²) in [6, 6.07) is 0. The predicted molar refractivity (Wildman–Crippen MR) is 68.9 cm³/mol. The van der Waals surface area contributed by atoms with E-state index >= 15 is 0 Å². The zero-order valence-electron chi connectivity index (χ0n) is 11.5. The van der Waals surface area contributed by atoms with Crippen LogP contribution in [0.2, 0.25) is 0 Å². The summed E-state index contributed by atoms with van der Waals surface area (Å²) in [6.07, 6.45) is 2.42. The van der Waals surface area contributed by atoms with Gasteiger partial charge in [-0.05, 0) is 26.4 Å². The predicted octanol–water partition coefficient (Wildman–Crippen LogP) is 1.83. The topological polar surface area (TPSA) is 15.7 Å². The van der Waals surface area contributed by atoms with E-state index in [0.717, 1.165) is 19.7 Å². The summed E-state index contributed by atoms with van der Waals surface area (Å²) in [7, 11) is 2.20. The van der Waals surface area contributed by atoms with E-state index in [1.54, 1.807) is 0 Å². The van der Waals surface area contributed by atoms with Crippen molar-refractivity contribution in [1.82, 2.24) is 9.80 Å². The van der Waals surface area contributed by atoms with E-state index in [2.05, 4.69) is 23.8 Å². The molecule has 2 rings (SSSR count). The van der Waals surface area contributed by atoms with Crippen LogP contribution in [0.15, 0.2) is 0 Å². The minimum atomic E-state index is 0.195. The van der Waals surface area contributed by atoms with Crippen LogP contribution >= 0.6 is 0 Å². The van der Waals surface area contributed by atoms with Gasteiger partial charge in [0, 0.05) is 26.2 Å². The normalized spacial score (nSPS) is 26.2. The molecule has 0 radical (unpaired) electrons. The lowest BCUT2D eigenvalue weighted by molar-refractivity contribution is -0.132. The van der Waals surface area contributed by atoms with Crippen LogP contribution in [-0.4, -0.2) is 61.8 Å². The summed E-state index contributed by atoms with van der Waals surface area (Å²) in [5, 5.41) is 0. The maximum atomic E-state index is 6.02. The van der Waals surface area contributed by atoms with Crippen LogP contribution in [0.1, 0.15) is 33.6 Å². The van der Waals surface area contributed by atoms with E-state index in [1.165, 1.54) is 32.5 Å². The summed E-state index contributed by atoms with van der Waals surface area (Å²) >= 11 is 0. The van der Waals surface area contributed by atoms with Crippen molar-refractivity contribution in [2.24, 2.45) is 0 Å². The molecule has 96 valence electrons. The van der Waals surface area contributed by atoms with Gasteiger partial charge in [0.15, 0.2) is 0 Å². The Morgan fingerprint density at radius 3 is 2.31 bits per heavy atom. The molecule has 3 nitrogen and oxygen atoms in total. The van der Waals surface area contributed by atoms with Gasteiger partial charge in [0.05, 0.1) is 12.2 Å². The first-order valence-electron chi connectivity index (χ1n) is 6.79. The summed E-state index contributed by atoms with van der Waals surface area (Å²) in [5.74, 6) is 0.